The predicted octanol–water partition coefficient (Wildman–Crippen LogP) is 8.46. The Morgan fingerprint density at radius 3 is 2.11 bits per heavy atom. The number of carbonyl (C=O) groups is 1. The average molecular weight is 391 g/mol. The third-order valence-corrected chi connectivity index (χ3v) is 9.36. The van der Waals surface area contributed by atoms with Crippen molar-refractivity contribution in [3.05, 3.63) is 0 Å². The Morgan fingerprint density at radius 2 is 1.43 bits per heavy atom. The van der Waals surface area contributed by atoms with E-state index in [0.29, 0.717) is 17.1 Å². The fourth-order valence-corrected chi connectivity index (χ4v) is 7.95. The van der Waals surface area contributed by atoms with E-state index in [0.717, 1.165) is 30.1 Å². The van der Waals surface area contributed by atoms with Crippen LogP contribution in [-0.4, -0.2) is 5.78 Å². The molecule has 0 aromatic rings. The predicted molar refractivity (Wildman–Crippen MR) is 122 cm³/mol. The third-order valence-electron chi connectivity index (χ3n) is 9.36. The van der Waals surface area contributed by atoms with E-state index in [9.17, 15) is 4.79 Å². The van der Waals surface area contributed by atoms with E-state index in [4.69, 9.17) is 0 Å². The molecule has 4 rings (SSSR count). The van der Waals surface area contributed by atoms with E-state index >= 15 is 0 Å². The van der Waals surface area contributed by atoms with Crippen LogP contribution in [0.4, 0.5) is 0 Å². The minimum atomic E-state index is 0.0455. The molecule has 0 radical (unpaired) electrons. The second-order valence-corrected chi connectivity index (χ2v) is 10.4. The van der Waals surface area contributed by atoms with Gasteiger partial charge in [-0.15, -0.1) is 0 Å². The van der Waals surface area contributed by atoms with Gasteiger partial charge in [0.05, 0.1) is 0 Å². The minimum absolute atomic E-state index is 0.0455. The number of hydrogen-bond acceptors (Lipinski definition) is 1. The highest BCUT2D eigenvalue weighted by molar-refractivity contribution is 5.85. The topological polar surface area (TPSA) is 17.1 Å². The molecule has 1 nitrogen and oxygen atoms in total. The van der Waals surface area contributed by atoms with Gasteiger partial charge in [0.15, 0.2) is 0 Å². The molecular formula is C27H50O. The maximum atomic E-state index is 12.7. The summed E-state index contributed by atoms with van der Waals surface area (Å²) in [4.78, 5) is 12.7. The fourth-order valence-electron chi connectivity index (χ4n) is 7.95. The molecule has 0 N–H and O–H groups in total. The lowest BCUT2D eigenvalue weighted by Gasteiger charge is -2.59. The monoisotopic (exact) mass is 390 g/mol. The molecule has 0 bridgehead atoms. The van der Waals surface area contributed by atoms with Gasteiger partial charge in [-0.1, -0.05) is 67.7 Å². The molecule has 4 aliphatic carbocycles. The van der Waals surface area contributed by atoms with Crippen LogP contribution in [0, 0.1) is 40.4 Å². The van der Waals surface area contributed by atoms with Crippen molar-refractivity contribution in [1.29, 1.82) is 0 Å². The molecule has 0 amide bonds. The van der Waals surface area contributed by atoms with Crippen LogP contribution in [0.25, 0.3) is 0 Å². The zero-order valence-electron chi connectivity index (χ0n) is 20.3. The Hall–Kier alpha value is -0.330. The van der Waals surface area contributed by atoms with Gasteiger partial charge in [0.1, 0.15) is 5.78 Å². The van der Waals surface area contributed by atoms with Crippen molar-refractivity contribution in [2.24, 2.45) is 40.4 Å². The highest BCUT2D eigenvalue weighted by Crippen LogP contribution is 2.63. The summed E-state index contributed by atoms with van der Waals surface area (Å²) in [5, 5.41) is 0. The summed E-state index contributed by atoms with van der Waals surface area (Å²) >= 11 is 0. The highest BCUT2D eigenvalue weighted by atomic mass is 16.1. The third kappa shape index (κ3) is 4.24. The van der Waals surface area contributed by atoms with Crippen LogP contribution >= 0.6 is 0 Å². The number of hydrogen-bond donors (Lipinski definition) is 0. The van der Waals surface area contributed by atoms with Crippen molar-refractivity contribution in [2.75, 3.05) is 0 Å². The SMILES string of the molecule is CC.CC.CCC1CCCC2C3CCC4(C)C(=O)CCCC4C3CCC2(C)C1. The molecule has 1 heteroatoms. The van der Waals surface area contributed by atoms with E-state index in [1.54, 1.807) is 0 Å². The van der Waals surface area contributed by atoms with E-state index < -0.39 is 0 Å². The molecule has 4 fully saturated rings. The highest BCUT2D eigenvalue weighted by Gasteiger charge is 2.57. The Kier molecular flexibility index (Phi) is 8.66. The summed E-state index contributed by atoms with van der Waals surface area (Å²) in [5.74, 6) is 5.05. The van der Waals surface area contributed by atoms with Crippen LogP contribution in [0.2, 0.25) is 0 Å². The van der Waals surface area contributed by atoms with Crippen LogP contribution in [0.15, 0.2) is 0 Å². The molecule has 28 heavy (non-hydrogen) atoms. The van der Waals surface area contributed by atoms with Crippen molar-refractivity contribution in [1.82, 2.24) is 0 Å². The Labute approximate surface area is 176 Å². The first-order valence-corrected chi connectivity index (χ1v) is 13.0. The number of rotatable bonds is 1. The summed E-state index contributed by atoms with van der Waals surface area (Å²) in [7, 11) is 0. The normalized spacial score (nSPS) is 45.0. The van der Waals surface area contributed by atoms with Crippen molar-refractivity contribution in [2.45, 2.75) is 126 Å². The molecule has 4 saturated carbocycles. The quantitative estimate of drug-likeness (QED) is 0.439. The molecule has 4 aliphatic rings. The summed E-state index contributed by atoms with van der Waals surface area (Å²) in [6, 6.07) is 0. The minimum Gasteiger partial charge on any atom is -0.299 e. The van der Waals surface area contributed by atoms with Crippen molar-refractivity contribution >= 4 is 5.78 Å². The lowest BCUT2D eigenvalue weighted by molar-refractivity contribution is -0.149. The van der Waals surface area contributed by atoms with Gasteiger partial charge in [-0.2, -0.15) is 0 Å². The largest absolute Gasteiger partial charge is 0.299 e. The molecule has 0 spiro atoms. The van der Waals surface area contributed by atoms with E-state index in [2.05, 4.69) is 20.8 Å². The van der Waals surface area contributed by atoms with Gasteiger partial charge in [-0.25, -0.2) is 0 Å². The van der Waals surface area contributed by atoms with Gasteiger partial charge < -0.3 is 0 Å². The Morgan fingerprint density at radius 1 is 0.821 bits per heavy atom. The van der Waals surface area contributed by atoms with E-state index in [1.165, 1.54) is 70.6 Å². The first-order valence-electron chi connectivity index (χ1n) is 13.0. The molecular weight excluding hydrogens is 340 g/mol. The fraction of sp³-hybridized carbons (Fsp3) is 0.963. The van der Waals surface area contributed by atoms with Crippen LogP contribution in [-0.2, 0) is 4.79 Å². The van der Waals surface area contributed by atoms with E-state index in [-0.39, 0.29) is 5.41 Å². The zero-order valence-corrected chi connectivity index (χ0v) is 20.3. The van der Waals surface area contributed by atoms with Crippen LogP contribution < -0.4 is 0 Å². The van der Waals surface area contributed by atoms with Crippen molar-refractivity contribution in [3.63, 3.8) is 0 Å². The molecule has 0 aromatic carbocycles. The van der Waals surface area contributed by atoms with Gasteiger partial charge in [-0.05, 0) is 86.4 Å². The number of ketones is 1. The zero-order chi connectivity index (χ0) is 20.9. The Bertz CT molecular complexity index is 496. The van der Waals surface area contributed by atoms with Crippen molar-refractivity contribution in [3.8, 4) is 0 Å². The second-order valence-electron chi connectivity index (χ2n) is 10.4. The number of carbonyl (C=O) groups excluding carboxylic acids is 1. The van der Waals surface area contributed by atoms with Gasteiger partial charge in [-0.3, -0.25) is 4.79 Å². The molecule has 0 saturated heterocycles. The van der Waals surface area contributed by atoms with Crippen molar-refractivity contribution < 1.29 is 4.79 Å². The maximum Gasteiger partial charge on any atom is 0.139 e. The first kappa shape index (κ1) is 23.9. The lowest BCUT2D eigenvalue weighted by atomic mass is 9.45. The summed E-state index contributed by atoms with van der Waals surface area (Å²) in [6.45, 7) is 15.4. The van der Waals surface area contributed by atoms with Crippen LogP contribution in [0.1, 0.15) is 126 Å². The molecule has 0 aromatic heterocycles. The first-order chi connectivity index (χ1) is 13.5. The standard InChI is InChI=1S/C23H38O.2C2H6/c1-4-16-7-5-8-19-17-12-14-23(3)20(9-6-10-21(23)24)18(17)11-13-22(19,2)15-16;2*1-2/h16-20H,4-15H2,1-3H3;2*1-2H3. The summed E-state index contributed by atoms with van der Waals surface area (Å²) < 4.78 is 0. The molecule has 0 aliphatic heterocycles. The number of Topliss-reactive ketones (excluding diaryl/α,β-unsaturated/α-hetero) is 1. The molecule has 0 heterocycles. The van der Waals surface area contributed by atoms with E-state index in [1.807, 2.05) is 27.7 Å². The van der Waals surface area contributed by atoms with Crippen LogP contribution in [0.3, 0.4) is 0 Å². The molecule has 7 unspecified atom stereocenters. The van der Waals surface area contributed by atoms with Gasteiger partial charge >= 0.3 is 0 Å². The van der Waals surface area contributed by atoms with Crippen LogP contribution in [0.5, 0.6) is 0 Å². The molecule has 164 valence electrons. The molecule has 7 atom stereocenters. The van der Waals surface area contributed by atoms with Gasteiger partial charge in [0.2, 0.25) is 0 Å². The van der Waals surface area contributed by atoms with Gasteiger partial charge in [0.25, 0.3) is 0 Å². The average Bonchev–Trinajstić information content (AvgIpc) is 2.90. The smallest absolute Gasteiger partial charge is 0.139 e. The van der Waals surface area contributed by atoms with Gasteiger partial charge in [0, 0.05) is 11.8 Å². The summed E-state index contributed by atoms with van der Waals surface area (Å²) in [6.07, 6.45) is 16.0. The maximum absolute atomic E-state index is 12.7. The lowest BCUT2D eigenvalue weighted by Crippen LogP contribution is -2.54. The Balaban J connectivity index is 0.000000660. The second kappa shape index (κ2) is 10.1. The summed E-state index contributed by atoms with van der Waals surface area (Å²) in [5.41, 5.74) is 0.647. The number of fused-ring (bicyclic) bond motifs is 5.